The monoisotopic (exact) mass is 252 g/mol. The molecule has 1 atom stereocenters. The molecule has 0 spiro atoms. The molecule has 1 N–H and O–H groups in total. The van der Waals surface area contributed by atoms with Crippen LogP contribution in [0.5, 0.6) is 0 Å². The molecule has 1 aromatic rings. The Morgan fingerprint density at radius 3 is 2.67 bits per heavy atom. The van der Waals surface area contributed by atoms with Crippen molar-refractivity contribution in [3.63, 3.8) is 0 Å². The highest BCUT2D eigenvalue weighted by molar-refractivity contribution is 5.40. The van der Waals surface area contributed by atoms with Crippen molar-refractivity contribution in [2.75, 3.05) is 31.4 Å². The van der Waals surface area contributed by atoms with E-state index in [-0.39, 0.29) is 11.6 Å². The summed E-state index contributed by atoms with van der Waals surface area (Å²) in [6, 6.07) is 2.16. The van der Waals surface area contributed by atoms with Gasteiger partial charge in [-0.3, -0.25) is 0 Å². The molecule has 0 fully saturated rings. The summed E-state index contributed by atoms with van der Waals surface area (Å²) in [5.74, 6) is 1.55. The molecule has 1 unspecified atom stereocenters. The number of hydrogen-bond acceptors (Lipinski definition) is 5. The molecule has 0 amide bonds. The molecule has 102 valence electrons. The van der Waals surface area contributed by atoms with E-state index in [2.05, 4.69) is 36.1 Å². The normalized spacial score (nSPS) is 13.2. The van der Waals surface area contributed by atoms with Gasteiger partial charge in [-0.05, 0) is 33.3 Å². The third kappa shape index (κ3) is 4.49. The lowest BCUT2D eigenvalue weighted by Crippen LogP contribution is -2.31. The van der Waals surface area contributed by atoms with Crippen LogP contribution < -0.4 is 10.2 Å². The Hall–Kier alpha value is -1.36. The van der Waals surface area contributed by atoms with Crippen LogP contribution in [0, 0.1) is 0 Å². The zero-order valence-corrected chi connectivity index (χ0v) is 12.2. The van der Waals surface area contributed by atoms with Gasteiger partial charge in [-0.15, -0.1) is 0 Å². The lowest BCUT2D eigenvalue weighted by Gasteiger charge is -2.27. The second-order valence-electron chi connectivity index (χ2n) is 5.35. The van der Waals surface area contributed by atoms with Gasteiger partial charge in [0.1, 0.15) is 5.82 Å². The van der Waals surface area contributed by atoms with E-state index >= 15 is 0 Å². The maximum absolute atomic E-state index is 5.43. The van der Waals surface area contributed by atoms with Gasteiger partial charge in [0.05, 0.1) is 5.60 Å². The van der Waals surface area contributed by atoms with E-state index in [1.165, 1.54) is 0 Å². The van der Waals surface area contributed by atoms with Gasteiger partial charge in [0.2, 0.25) is 5.95 Å². The SMILES string of the molecule is COC(C)(C)CC(C)Nc1ccnc(N(C)C)n1. The van der Waals surface area contributed by atoms with Crippen LogP contribution in [0.1, 0.15) is 27.2 Å². The van der Waals surface area contributed by atoms with Crippen LogP contribution in [0.15, 0.2) is 12.3 Å². The summed E-state index contributed by atoms with van der Waals surface area (Å²) in [4.78, 5) is 10.5. The van der Waals surface area contributed by atoms with Crippen molar-refractivity contribution < 1.29 is 4.74 Å². The van der Waals surface area contributed by atoms with Gasteiger partial charge in [0, 0.05) is 33.4 Å². The molecule has 5 heteroatoms. The summed E-state index contributed by atoms with van der Waals surface area (Å²) in [7, 11) is 5.59. The van der Waals surface area contributed by atoms with Crippen LogP contribution in [0.3, 0.4) is 0 Å². The summed E-state index contributed by atoms with van der Waals surface area (Å²) in [5, 5.41) is 3.37. The first kappa shape index (κ1) is 14.7. The lowest BCUT2D eigenvalue weighted by atomic mass is 10.00. The molecule has 0 aromatic carbocycles. The predicted octanol–water partition coefficient (Wildman–Crippen LogP) is 2.16. The zero-order chi connectivity index (χ0) is 13.8. The number of nitrogens with one attached hydrogen (secondary N) is 1. The highest BCUT2D eigenvalue weighted by Crippen LogP contribution is 2.18. The molecular weight excluding hydrogens is 228 g/mol. The Morgan fingerprint density at radius 1 is 1.44 bits per heavy atom. The molecule has 0 saturated carbocycles. The van der Waals surface area contributed by atoms with E-state index in [9.17, 15) is 0 Å². The van der Waals surface area contributed by atoms with Crippen molar-refractivity contribution in [3.05, 3.63) is 12.3 Å². The van der Waals surface area contributed by atoms with Crippen molar-refractivity contribution >= 4 is 11.8 Å². The zero-order valence-electron chi connectivity index (χ0n) is 12.2. The van der Waals surface area contributed by atoms with Gasteiger partial charge in [-0.2, -0.15) is 4.98 Å². The van der Waals surface area contributed by atoms with Crippen LogP contribution in [-0.2, 0) is 4.74 Å². The number of hydrogen-bond donors (Lipinski definition) is 1. The van der Waals surface area contributed by atoms with Crippen molar-refractivity contribution in [1.82, 2.24) is 9.97 Å². The molecule has 0 aliphatic rings. The Labute approximate surface area is 110 Å². The minimum absolute atomic E-state index is 0.135. The maximum Gasteiger partial charge on any atom is 0.226 e. The number of rotatable bonds is 6. The molecule has 0 aliphatic carbocycles. The van der Waals surface area contributed by atoms with E-state index in [1.54, 1.807) is 13.3 Å². The van der Waals surface area contributed by atoms with Crippen molar-refractivity contribution in [1.29, 1.82) is 0 Å². The highest BCUT2D eigenvalue weighted by Gasteiger charge is 2.20. The molecule has 1 heterocycles. The topological polar surface area (TPSA) is 50.3 Å². The molecule has 0 bridgehead atoms. The van der Waals surface area contributed by atoms with Crippen molar-refractivity contribution in [2.45, 2.75) is 38.8 Å². The number of methoxy groups -OCH3 is 1. The number of anilines is 2. The Kier molecular flexibility index (Phi) is 4.90. The summed E-state index contributed by atoms with van der Waals surface area (Å²) in [6.45, 7) is 6.28. The predicted molar refractivity (Wildman–Crippen MR) is 75.1 cm³/mol. The molecule has 1 aromatic heterocycles. The quantitative estimate of drug-likeness (QED) is 0.840. The number of ether oxygens (including phenoxy) is 1. The average molecular weight is 252 g/mol. The number of nitrogens with zero attached hydrogens (tertiary/aromatic N) is 3. The summed E-state index contributed by atoms with van der Waals surface area (Å²) < 4.78 is 5.43. The van der Waals surface area contributed by atoms with Crippen LogP contribution in [0.4, 0.5) is 11.8 Å². The molecular formula is C13H24N4O. The van der Waals surface area contributed by atoms with Crippen LogP contribution >= 0.6 is 0 Å². The number of aromatic nitrogens is 2. The van der Waals surface area contributed by atoms with E-state index in [0.29, 0.717) is 5.95 Å². The minimum Gasteiger partial charge on any atom is -0.379 e. The summed E-state index contributed by atoms with van der Waals surface area (Å²) in [5.41, 5.74) is -0.135. The molecule has 0 saturated heterocycles. The fraction of sp³-hybridized carbons (Fsp3) is 0.692. The fourth-order valence-corrected chi connectivity index (χ4v) is 1.77. The first-order valence-electron chi connectivity index (χ1n) is 6.16. The average Bonchev–Trinajstić information content (AvgIpc) is 2.28. The second kappa shape index (κ2) is 6.00. The largest absolute Gasteiger partial charge is 0.379 e. The third-order valence-corrected chi connectivity index (χ3v) is 2.79. The minimum atomic E-state index is -0.135. The Morgan fingerprint density at radius 2 is 2.11 bits per heavy atom. The van der Waals surface area contributed by atoms with Crippen molar-refractivity contribution in [2.24, 2.45) is 0 Å². The van der Waals surface area contributed by atoms with Crippen LogP contribution in [-0.4, -0.2) is 42.8 Å². The van der Waals surface area contributed by atoms with Gasteiger partial charge in [0.15, 0.2) is 0 Å². The van der Waals surface area contributed by atoms with Gasteiger partial charge < -0.3 is 15.0 Å². The lowest BCUT2D eigenvalue weighted by molar-refractivity contribution is 0.0128. The van der Waals surface area contributed by atoms with Crippen molar-refractivity contribution in [3.8, 4) is 0 Å². The van der Waals surface area contributed by atoms with Gasteiger partial charge >= 0.3 is 0 Å². The second-order valence-corrected chi connectivity index (χ2v) is 5.35. The van der Waals surface area contributed by atoms with Crippen LogP contribution in [0.25, 0.3) is 0 Å². The Balaban J connectivity index is 2.64. The standard InChI is InChI=1S/C13H24N4O/c1-10(9-13(2,3)18-6)15-11-7-8-14-12(16-11)17(4)5/h7-8,10H,9H2,1-6H3,(H,14,15,16). The summed E-state index contributed by atoms with van der Waals surface area (Å²) >= 11 is 0. The highest BCUT2D eigenvalue weighted by atomic mass is 16.5. The van der Waals surface area contributed by atoms with E-state index in [0.717, 1.165) is 12.2 Å². The van der Waals surface area contributed by atoms with Crippen LogP contribution in [0.2, 0.25) is 0 Å². The first-order chi connectivity index (χ1) is 8.34. The van der Waals surface area contributed by atoms with E-state index in [1.807, 2.05) is 25.1 Å². The van der Waals surface area contributed by atoms with E-state index < -0.39 is 0 Å². The third-order valence-electron chi connectivity index (χ3n) is 2.79. The smallest absolute Gasteiger partial charge is 0.226 e. The fourth-order valence-electron chi connectivity index (χ4n) is 1.77. The van der Waals surface area contributed by atoms with Gasteiger partial charge in [-0.1, -0.05) is 0 Å². The van der Waals surface area contributed by atoms with E-state index in [4.69, 9.17) is 4.74 Å². The molecule has 1 rings (SSSR count). The molecule has 18 heavy (non-hydrogen) atoms. The maximum atomic E-state index is 5.43. The molecule has 0 radical (unpaired) electrons. The van der Waals surface area contributed by atoms with Gasteiger partial charge in [0.25, 0.3) is 0 Å². The van der Waals surface area contributed by atoms with Gasteiger partial charge in [-0.25, -0.2) is 4.98 Å². The first-order valence-corrected chi connectivity index (χ1v) is 6.16. The molecule has 5 nitrogen and oxygen atoms in total. The Bertz CT molecular complexity index is 379. The molecule has 0 aliphatic heterocycles. The summed E-state index contributed by atoms with van der Waals surface area (Å²) in [6.07, 6.45) is 2.67.